The Morgan fingerprint density at radius 1 is 0.343 bits per heavy atom. The van der Waals surface area contributed by atoms with Crippen LogP contribution in [0.4, 0.5) is 0 Å². The smallest absolute Gasteiger partial charge is 0.135 e. The summed E-state index contributed by atoms with van der Waals surface area (Å²) in [5.41, 5.74) is 11.7. The SMILES string of the molecule is CCC(C)(C)c1cc(C(C)c2cc(C(C)(C)CC)cc(C(C)(C)C)c2Oc2c(C(C)c3cc(C(C)(C)CC)cc(C(C)(C)C)c3O)cc(C(C)(C)CC)cc2C(C)(C)C)c(O)c(C(C)(C)C)c1. The Morgan fingerprint density at radius 3 is 0.761 bits per heavy atom. The molecule has 0 aromatic heterocycles. The van der Waals surface area contributed by atoms with Gasteiger partial charge in [-0.1, -0.05) is 229 Å². The molecule has 3 nitrogen and oxygen atoms in total. The van der Waals surface area contributed by atoms with E-state index < -0.39 is 0 Å². The molecule has 0 bridgehead atoms. The third kappa shape index (κ3) is 11.5. The zero-order valence-electron chi connectivity index (χ0n) is 47.9. The average Bonchev–Trinajstić information content (AvgIpc) is 3.21. The second-order valence-electron chi connectivity index (χ2n) is 27.3. The molecule has 2 atom stereocenters. The van der Waals surface area contributed by atoms with E-state index in [1.165, 1.54) is 22.3 Å². The fourth-order valence-corrected chi connectivity index (χ4v) is 9.22. The Bertz CT molecular complexity index is 2240. The van der Waals surface area contributed by atoms with E-state index in [1.807, 2.05) is 0 Å². The van der Waals surface area contributed by atoms with Gasteiger partial charge in [0.05, 0.1) is 0 Å². The van der Waals surface area contributed by atoms with Crippen LogP contribution >= 0.6 is 0 Å². The molecule has 4 aromatic rings. The van der Waals surface area contributed by atoms with Crippen LogP contribution in [0.1, 0.15) is 284 Å². The summed E-state index contributed by atoms with van der Waals surface area (Å²) in [5.74, 6) is 2.01. The first-order valence-electron chi connectivity index (χ1n) is 26.0. The molecule has 2 N–H and O–H groups in total. The second-order valence-corrected chi connectivity index (χ2v) is 27.3. The summed E-state index contributed by atoms with van der Waals surface area (Å²) in [6, 6.07) is 18.7. The summed E-state index contributed by atoms with van der Waals surface area (Å²) >= 11 is 0. The van der Waals surface area contributed by atoms with Gasteiger partial charge in [0.15, 0.2) is 0 Å². The molecule has 0 spiro atoms. The lowest BCUT2D eigenvalue weighted by Gasteiger charge is -2.36. The van der Waals surface area contributed by atoms with E-state index in [1.54, 1.807) is 0 Å². The van der Waals surface area contributed by atoms with Gasteiger partial charge in [0, 0.05) is 45.2 Å². The van der Waals surface area contributed by atoms with Crippen LogP contribution in [0.25, 0.3) is 0 Å². The first kappa shape index (κ1) is 55.9. The van der Waals surface area contributed by atoms with Crippen LogP contribution in [0.15, 0.2) is 48.5 Å². The zero-order valence-corrected chi connectivity index (χ0v) is 47.9. The molecule has 0 aliphatic heterocycles. The third-order valence-electron chi connectivity index (χ3n) is 16.5. The first-order valence-corrected chi connectivity index (χ1v) is 26.0. The molecule has 0 aliphatic carbocycles. The molecule has 0 fully saturated rings. The summed E-state index contributed by atoms with van der Waals surface area (Å²) in [7, 11) is 0. The molecule has 67 heavy (non-hydrogen) atoms. The molecule has 0 aliphatic rings. The molecule has 4 aromatic carbocycles. The van der Waals surface area contributed by atoms with E-state index >= 15 is 0 Å². The van der Waals surface area contributed by atoms with Crippen molar-refractivity contribution in [3.8, 4) is 23.0 Å². The number of hydrogen-bond donors (Lipinski definition) is 2. The van der Waals surface area contributed by atoms with Crippen molar-refractivity contribution >= 4 is 0 Å². The maximum atomic E-state index is 12.6. The van der Waals surface area contributed by atoms with Crippen LogP contribution in [0.2, 0.25) is 0 Å². The maximum Gasteiger partial charge on any atom is 0.135 e. The molecule has 3 heteroatoms. The Balaban J connectivity index is 2.33. The molecular formula is C64H98O3. The topological polar surface area (TPSA) is 49.7 Å². The molecule has 0 amide bonds. The van der Waals surface area contributed by atoms with Gasteiger partial charge in [-0.15, -0.1) is 0 Å². The van der Waals surface area contributed by atoms with Gasteiger partial charge in [-0.3, -0.25) is 0 Å². The molecule has 372 valence electrons. The third-order valence-corrected chi connectivity index (χ3v) is 16.5. The van der Waals surface area contributed by atoms with Crippen LogP contribution in [0.5, 0.6) is 23.0 Å². The van der Waals surface area contributed by atoms with E-state index in [9.17, 15) is 10.2 Å². The quantitative estimate of drug-likeness (QED) is 0.133. The standard InChI is InChI=1S/C64H98O3/c1-27-61(19,20)41-31-45(53(65)49(35-41)57(7,8)9)39(5)47-33-43(63(23,24)29-3)37-51(59(13,14)15)55(47)67-56-48(34-44(64(25,26)30-4)38-52(56)60(16,17)18)40(6)46-32-42(62(21,22)28-2)36-50(54(46)66)58(10,11)12/h31-40,65-66H,27-30H2,1-26H3. The first-order chi connectivity index (χ1) is 30.2. The maximum absolute atomic E-state index is 12.6. The molecule has 2 unspecified atom stereocenters. The number of hydrogen-bond acceptors (Lipinski definition) is 3. The number of phenols is 2. The van der Waals surface area contributed by atoms with Gasteiger partial charge < -0.3 is 14.9 Å². The van der Waals surface area contributed by atoms with E-state index in [4.69, 9.17) is 4.74 Å². The monoisotopic (exact) mass is 915 g/mol. The lowest BCUT2D eigenvalue weighted by molar-refractivity contribution is 0.413. The number of ether oxygens (including phenoxy) is 1. The van der Waals surface area contributed by atoms with Crippen molar-refractivity contribution in [1.29, 1.82) is 0 Å². The minimum atomic E-state index is -0.300. The van der Waals surface area contributed by atoms with Crippen LogP contribution in [-0.2, 0) is 43.3 Å². The lowest BCUT2D eigenvalue weighted by atomic mass is 9.72. The summed E-state index contributed by atoms with van der Waals surface area (Å²) in [6.07, 6.45) is 3.90. The fourth-order valence-electron chi connectivity index (χ4n) is 9.22. The highest BCUT2D eigenvalue weighted by Gasteiger charge is 2.37. The van der Waals surface area contributed by atoms with E-state index in [-0.39, 0.29) is 55.2 Å². The summed E-state index contributed by atoms with van der Waals surface area (Å²) < 4.78 is 7.99. The molecule has 0 radical (unpaired) electrons. The van der Waals surface area contributed by atoms with Crippen molar-refractivity contribution in [2.45, 2.75) is 261 Å². The predicted octanol–water partition coefficient (Wildman–Crippen LogP) is 19.1. The van der Waals surface area contributed by atoms with Crippen molar-refractivity contribution in [3.05, 3.63) is 115 Å². The largest absolute Gasteiger partial charge is 0.507 e. The highest BCUT2D eigenvalue weighted by atomic mass is 16.5. The van der Waals surface area contributed by atoms with Crippen LogP contribution in [0.3, 0.4) is 0 Å². The fraction of sp³-hybridized carbons (Fsp3) is 0.625. The van der Waals surface area contributed by atoms with Gasteiger partial charge in [0.1, 0.15) is 23.0 Å². The summed E-state index contributed by atoms with van der Waals surface area (Å²) in [4.78, 5) is 0. The number of rotatable bonds is 14. The van der Waals surface area contributed by atoms with Gasteiger partial charge >= 0.3 is 0 Å². The van der Waals surface area contributed by atoms with Crippen molar-refractivity contribution in [3.63, 3.8) is 0 Å². The Kier molecular flexibility index (Phi) is 15.7. The lowest BCUT2D eigenvalue weighted by Crippen LogP contribution is -2.23. The molecule has 0 saturated carbocycles. The highest BCUT2D eigenvalue weighted by Crippen LogP contribution is 2.53. The Hall–Kier alpha value is -3.72. The second kappa shape index (κ2) is 18.9. The Labute approximate surface area is 412 Å². The van der Waals surface area contributed by atoms with Crippen molar-refractivity contribution in [2.24, 2.45) is 0 Å². The minimum Gasteiger partial charge on any atom is -0.507 e. The predicted molar refractivity (Wildman–Crippen MR) is 292 cm³/mol. The van der Waals surface area contributed by atoms with Gasteiger partial charge in [-0.05, 0) is 102 Å². The van der Waals surface area contributed by atoms with Crippen molar-refractivity contribution < 1.29 is 14.9 Å². The van der Waals surface area contributed by atoms with Crippen LogP contribution < -0.4 is 4.74 Å². The van der Waals surface area contributed by atoms with E-state index in [0.717, 1.165) is 81.7 Å². The highest BCUT2D eigenvalue weighted by molar-refractivity contribution is 5.63. The minimum absolute atomic E-state index is 0.0904. The van der Waals surface area contributed by atoms with Crippen LogP contribution in [0, 0.1) is 0 Å². The summed E-state index contributed by atoms with van der Waals surface area (Å²) in [6.45, 7) is 59.4. The number of benzene rings is 4. The van der Waals surface area contributed by atoms with Crippen LogP contribution in [-0.4, -0.2) is 10.2 Å². The van der Waals surface area contributed by atoms with Crippen molar-refractivity contribution in [2.75, 3.05) is 0 Å². The van der Waals surface area contributed by atoms with Crippen molar-refractivity contribution in [1.82, 2.24) is 0 Å². The normalized spacial score (nSPS) is 14.7. The molecule has 0 saturated heterocycles. The van der Waals surface area contributed by atoms with E-state index in [0.29, 0.717) is 11.5 Å². The van der Waals surface area contributed by atoms with Gasteiger partial charge in [-0.25, -0.2) is 0 Å². The van der Waals surface area contributed by atoms with Gasteiger partial charge in [0.2, 0.25) is 0 Å². The number of phenolic OH excluding ortho intramolecular Hbond substituents is 2. The average molecular weight is 915 g/mol. The van der Waals surface area contributed by atoms with Gasteiger partial charge in [-0.2, -0.15) is 0 Å². The van der Waals surface area contributed by atoms with Gasteiger partial charge in [0.25, 0.3) is 0 Å². The zero-order chi connectivity index (χ0) is 51.6. The summed E-state index contributed by atoms with van der Waals surface area (Å²) in [5, 5.41) is 25.1. The Morgan fingerprint density at radius 2 is 0.552 bits per heavy atom. The molecule has 4 rings (SSSR count). The molecule has 0 heterocycles. The number of aromatic hydroxyl groups is 2. The molecular weight excluding hydrogens is 817 g/mol. The van der Waals surface area contributed by atoms with E-state index in [2.05, 4.69) is 229 Å².